The third-order valence-electron chi connectivity index (χ3n) is 6.73. The number of carboxylic acids is 1. The smallest absolute Gasteiger partial charge is 0.335 e. The van der Waals surface area contributed by atoms with Gasteiger partial charge in [0.1, 0.15) is 0 Å². The van der Waals surface area contributed by atoms with Crippen molar-refractivity contribution in [1.82, 2.24) is 4.90 Å². The number of carbonyl (C=O) groups is 3. The van der Waals surface area contributed by atoms with Crippen LogP contribution in [0.15, 0.2) is 90.2 Å². The topological polar surface area (TPSA) is 94.9 Å². The normalized spacial score (nSPS) is 15.8. The molecule has 0 saturated heterocycles. The van der Waals surface area contributed by atoms with Crippen molar-refractivity contribution in [2.75, 3.05) is 0 Å². The van der Waals surface area contributed by atoms with Crippen LogP contribution >= 0.6 is 0 Å². The highest BCUT2D eigenvalue weighted by Gasteiger charge is 2.43. The predicted octanol–water partition coefficient (Wildman–Crippen LogP) is 5.78. The maximum atomic E-state index is 13.4. The summed E-state index contributed by atoms with van der Waals surface area (Å²) in [6, 6.07) is 22.9. The summed E-state index contributed by atoms with van der Waals surface area (Å²) in [4.78, 5) is 39.4. The number of hydrogen-bond donors (Lipinski definition) is 2. The number of rotatable bonds is 8. The van der Waals surface area contributed by atoms with E-state index in [1.54, 1.807) is 12.1 Å². The molecule has 0 spiro atoms. The van der Waals surface area contributed by atoms with Gasteiger partial charge >= 0.3 is 5.97 Å². The minimum absolute atomic E-state index is 0.0675. The van der Waals surface area contributed by atoms with E-state index in [-0.39, 0.29) is 35.3 Å². The van der Waals surface area contributed by atoms with Gasteiger partial charge in [0.25, 0.3) is 5.91 Å². The average molecular weight is 498 g/mol. The molecule has 190 valence electrons. The third-order valence-corrected chi connectivity index (χ3v) is 6.73. The summed E-state index contributed by atoms with van der Waals surface area (Å²) in [5.41, 5.74) is 3.72. The van der Waals surface area contributed by atoms with E-state index < -0.39 is 23.7 Å². The maximum absolute atomic E-state index is 13.4. The fourth-order valence-electron chi connectivity index (χ4n) is 4.60. The molecule has 4 rings (SSSR count). The second-order valence-corrected chi connectivity index (χ2v) is 10.4. The van der Waals surface area contributed by atoms with Crippen LogP contribution in [0, 0.1) is 0 Å². The number of amides is 1. The molecule has 1 unspecified atom stereocenters. The van der Waals surface area contributed by atoms with E-state index in [0.29, 0.717) is 12.0 Å². The lowest BCUT2D eigenvalue weighted by atomic mass is 9.85. The molecule has 6 nitrogen and oxygen atoms in total. The molecule has 0 radical (unpaired) electrons. The van der Waals surface area contributed by atoms with Gasteiger partial charge in [0.2, 0.25) is 0 Å². The Morgan fingerprint density at radius 1 is 0.865 bits per heavy atom. The van der Waals surface area contributed by atoms with Crippen LogP contribution in [0.2, 0.25) is 0 Å². The van der Waals surface area contributed by atoms with Gasteiger partial charge in [0, 0.05) is 13.0 Å². The molecule has 1 aliphatic heterocycles. The van der Waals surface area contributed by atoms with Crippen molar-refractivity contribution in [2.45, 2.75) is 51.6 Å². The highest BCUT2D eigenvalue weighted by molar-refractivity contribution is 6.09. The first kappa shape index (κ1) is 25.9. The van der Waals surface area contributed by atoms with Gasteiger partial charge in [0.05, 0.1) is 17.2 Å². The fraction of sp³-hybridized carbons (Fsp3) is 0.258. The van der Waals surface area contributed by atoms with Gasteiger partial charge in [-0.3, -0.25) is 9.59 Å². The van der Waals surface area contributed by atoms with Crippen molar-refractivity contribution >= 4 is 17.7 Å². The van der Waals surface area contributed by atoms with Crippen molar-refractivity contribution in [3.63, 3.8) is 0 Å². The zero-order valence-electron chi connectivity index (χ0n) is 21.3. The molecule has 0 aromatic heterocycles. The van der Waals surface area contributed by atoms with E-state index in [4.69, 9.17) is 0 Å². The lowest BCUT2D eigenvalue weighted by Crippen LogP contribution is -2.30. The zero-order chi connectivity index (χ0) is 26.7. The van der Waals surface area contributed by atoms with Crippen molar-refractivity contribution < 1.29 is 24.6 Å². The van der Waals surface area contributed by atoms with E-state index in [9.17, 15) is 24.6 Å². The van der Waals surface area contributed by atoms with E-state index in [2.05, 4.69) is 20.8 Å². The summed E-state index contributed by atoms with van der Waals surface area (Å²) in [6.07, 6.45) is 0.658. The Kier molecular flexibility index (Phi) is 7.30. The number of nitrogens with zero attached hydrogens (tertiary/aromatic N) is 1. The van der Waals surface area contributed by atoms with E-state index >= 15 is 0 Å². The lowest BCUT2D eigenvalue weighted by Gasteiger charge is -2.28. The summed E-state index contributed by atoms with van der Waals surface area (Å²) < 4.78 is 0. The van der Waals surface area contributed by atoms with E-state index in [0.717, 1.165) is 16.7 Å². The summed E-state index contributed by atoms with van der Waals surface area (Å²) >= 11 is 0. The molecule has 1 aliphatic rings. The number of Topliss-reactive ketones (excluding diaryl/α,β-unsaturated/α-hetero) is 1. The average Bonchev–Trinajstić information content (AvgIpc) is 3.13. The number of ketones is 1. The monoisotopic (exact) mass is 497 g/mol. The minimum atomic E-state index is -1.04. The predicted molar refractivity (Wildman–Crippen MR) is 141 cm³/mol. The number of carboxylic acid groups (broad SMARTS) is 1. The van der Waals surface area contributed by atoms with Crippen molar-refractivity contribution in [3.8, 4) is 0 Å². The molecule has 0 saturated carbocycles. The van der Waals surface area contributed by atoms with E-state index in [1.165, 1.54) is 17.0 Å². The molecule has 1 amide bonds. The number of aryl methyl sites for hydroxylation is 1. The van der Waals surface area contributed by atoms with Crippen LogP contribution in [0.25, 0.3) is 0 Å². The van der Waals surface area contributed by atoms with Crippen LogP contribution in [-0.2, 0) is 28.0 Å². The number of carbonyl (C=O) groups excluding carboxylic acids is 2. The van der Waals surface area contributed by atoms with Crippen LogP contribution in [0.4, 0.5) is 0 Å². The second kappa shape index (κ2) is 10.4. The third kappa shape index (κ3) is 5.64. The van der Waals surface area contributed by atoms with Crippen molar-refractivity contribution in [1.29, 1.82) is 0 Å². The highest BCUT2D eigenvalue weighted by Crippen LogP contribution is 2.40. The molecule has 0 bridgehead atoms. The summed E-state index contributed by atoms with van der Waals surface area (Å²) in [5, 5.41) is 20.1. The van der Waals surface area contributed by atoms with Crippen LogP contribution in [-0.4, -0.2) is 32.8 Å². The summed E-state index contributed by atoms with van der Waals surface area (Å²) in [5.74, 6) is -2.45. The zero-order valence-corrected chi connectivity index (χ0v) is 21.3. The first-order chi connectivity index (χ1) is 17.6. The van der Waals surface area contributed by atoms with Crippen LogP contribution in [0.3, 0.4) is 0 Å². The molecule has 6 heteroatoms. The van der Waals surface area contributed by atoms with E-state index in [1.807, 2.05) is 54.6 Å². The largest absolute Gasteiger partial charge is 0.503 e. The quantitative estimate of drug-likeness (QED) is 0.411. The van der Waals surface area contributed by atoms with Gasteiger partial charge in [0.15, 0.2) is 11.5 Å². The number of benzene rings is 3. The summed E-state index contributed by atoms with van der Waals surface area (Å²) in [6.45, 7) is 6.44. The molecular formula is C31H31NO5. The van der Waals surface area contributed by atoms with Gasteiger partial charge < -0.3 is 15.1 Å². The number of aliphatic hydroxyl groups is 1. The Morgan fingerprint density at radius 3 is 2.05 bits per heavy atom. The highest BCUT2D eigenvalue weighted by atomic mass is 16.4. The molecule has 2 N–H and O–H groups in total. The van der Waals surface area contributed by atoms with Gasteiger partial charge in [-0.05, 0) is 46.2 Å². The van der Waals surface area contributed by atoms with Gasteiger partial charge in [-0.25, -0.2) is 4.79 Å². The molecule has 3 aromatic rings. The molecule has 1 atom stereocenters. The lowest BCUT2D eigenvalue weighted by molar-refractivity contribution is -0.130. The Bertz CT molecular complexity index is 1330. The van der Waals surface area contributed by atoms with Gasteiger partial charge in [-0.2, -0.15) is 0 Å². The molecule has 3 aromatic carbocycles. The molecule has 0 aliphatic carbocycles. The molecule has 0 fully saturated rings. The fourth-order valence-corrected chi connectivity index (χ4v) is 4.60. The Labute approximate surface area is 216 Å². The Hall–Kier alpha value is -4.19. The van der Waals surface area contributed by atoms with Crippen molar-refractivity contribution in [2.24, 2.45) is 0 Å². The SMILES string of the molecule is CC(C)(C)c1ccc(C2C(C(=O)CCc3ccccc3)=C(O)C(=O)N2Cc2ccc(C(=O)O)cc2)cc1. The van der Waals surface area contributed by atoms with Gasteiger partial charge in [-0.15, -0.1) is 0 Å². The van der Waals surface area contributed by atoms with Crippen molar-refractivity contribution in [3.05, 3.63) is 118 Å². The minimum Gasteiger partial charge on any atom is -0.503 e. The second-order valence-electron chi connectivity index (χ2n) is 10.4. The van der Waals surface area contributed by atoms with Gasteiger partial charge in [-0.1, -0.05) is 87.5 Å². The number of hydrogen-bond acceptors (Lipinski definition) is 4. The van der Waals surface area contributed by atoms with Crippen LogP contribution in [0.1, 0.15) is 65.8 Å². The first-order valence-electron chi connectivity index (χ1n) is 12.3. The Balaban J connectivity index is 1.68. The maximum Gasteiger partial charge on any atom is 0.335 e. The standard InChI is InChI=1S/C31H31NO5/c1-31(2,3)24-16-14-22(15-17-24)27-26(25(33)18-11-20-7-5-4-6-8-20)28(34)29(35)32(27)19-21-9-12-23(13-10-21)30(36)37/h4-10,12-17,27,34H,11,18-19H2,1-3H3,(H,36,37). The number of aromatic carboxylic acids is 1. The molecule has 1 heterocycles. The van der Waals surface area contributed by atoms with Crippen LogP contribution in [0.5, 0.6) is 0 Å². The first-order valence-corrected chi connectivity index (χ1v) is 12.3. The number of aliphatic hydroxyl groups excluding tert-OH is 1. The summed E-state index contributed by atoms with van der Waals surface area (Å²) in [7, 11) is 0. The Morgan fingerprint density at radius 2 is 1.49 bits per heavy atom. The van der Waals surface area contributed by atoms with Crippen LogP contribution < -0.4 is 0 Å². The molecular weight excluding hydrogens is 466 g/mol. The molecule has 37 heavy (non-hydrogen) atoms.